The first-order valence-corrected chi connectivity index (χ1v) is 11.4. The first-order chi connectivity index (χ1) is 16.4. The number of hydrogen-bond donors (Lipinski definition) is 2. The molecule has 4 rings (SSSR count). The number of rotatable bonds is 9. The minimum atomic E-state index is -0.243. The lowest BCUT2D eigenvalue weighted by Crippen LogP contribution is -2.25. The predicted octanol–water partition coefficient (Wildman–Crippen LogP) is 4.18. The number of pyridine rings is 1. The van der Waals surface area contributed by atoms with Crippen molar-refractivity contribution in [2.75, 3.05) is 19.4 Å². The molecule has 1 aliphatic carbocycles. The van der Waals surface area contributed by atoms with Crippen molar-refractivity contribution in [2.45, 2.75) is 39.0 Å². The molecular weight excluding hydrogens is 428 g/mol. The Kier molecular flexibility index (Phi) is 7.23. The Balaban J connectivity index is 1.33. The van der Waals surface area contributed by atoms with E-state index >= 15 is 0 Å². The fourth-order valence-electron chi connectivity index (χ4n) is 3.45. The summed E-state index contributed by atoms with van der Waals surface area (Å²) >= 11 is 0. The van der Waals surface area contributed by atoms with Gasteiger partial charge in [-0.05, 0) is 87.5 Å². The molecule has 0 radical (unpaired) electrons. The Morgan fingerprint density at radius 2 is 1.74 bits per heavy atom. The zero-order chi connectivity index (χ0) is 24.1. The third-order valence-corrected chi connectivity index (χ3v) is 5.55. The highest BCUT2D eigenvalue weighted by Gasteiger charge is 2.24. The molecule has 0 spiro atoms. The molecule has 0 aliphatic heterocycles. The Hall–Kier alpha value is -3.71. The van der Waals surface area contributed by atoms with Gasteiger partial charge in [0, 0.05) is 35.6 Å². The molecule has 7 heteroatoms. The molecule has 176 valence electrons. The van der Waals surface area contributed by atoms with Crippen LogP contribution in [0.3, 0.4) is 0 Å². The van der Waals surface area contributed by atoms with E-state index in [-0.39, 0.29) is 17.9 Å². The van der Waals surface area contributed by atoms with Crippen LogP contribution in [0.2, 0.25) is 0 Å². The molecular formula is C27H30N4O3. The second kappa shape index (κ2) is 10.5. The minimum absolute atomic E-state index is 0.110. The van der Waals surface area contributed by atoms with Crippen LogP contribution < -0.4 is 15.4 Å². The number of aryl methyl sites for hydroxylation is 1. The second-order valence-electron chi connectivity index (χ2n) is 8.94. The SMILES string of the molecule is Cc1ccc(C(=O)NC2CC2)cc1NC(=O)c1ccc(OCc2ccc(CN(C)C)cn2)cc1. The zero-order valence-electron chi connectivity index (χ0n) is 19.8. The molecule has 1 aromatic heterocycles. The molecule has 1 saturated carbocycles. The minimum Gasteiger partial charge on any atom is -0.487 e. The van der Waals surface area contributed by atoms with E-state index in [2.05, 4.69) is 20.5 Å². The molecule has 2 N–H and O–H groups in total. The van der Waals surface area contributed by atoms with Crippen LogP contribution in [0, 0.1) is 6.92 Å². The molecule has 0 bridgehead atoms. The fraction of sp³-hybridized carbons (Fsp3) is 0.296. The molecule has 2 aromatic carbocycles. The van der Waals surface area contributed by atoms with Gasteiger partial charge in [0.2, 0.25) is 0 Å². The number of anilines is 1. The van der Waals surface area contributed by atoms with Crippen molar-refractivity contribution in [3.8, 4) is 5.75 Å². The van der Waals surface area contributed by atoms with Crippen molar-refractivity contribution in [3.05, 3.63) is 88.7 Å². The highest BCUT2D eigenvalue weighted by atomic mass is 16.5. The molecule has 1 fully saturated rings. The Bertz CT molecular complexity index is 1150. The number of hydrogen-bond acceptors (Lipinski definition) is 5. The van der Waals surface area contributed by atoms with Gasteiger partial charge in [-0.15, -0.1) is 0 Å². The number of carbonyl (C=O) groups is 2. The quantitative estimate of drug-likeness (QED) is 0.503. The van der Waals surface area contributed by atoms with Gasteiger partial charge in [0.25, 0.3) is 11.8 Å². The molecule has 1 aliphatic rings. The Morgan fingerprint density at radius 3 is 2.38 bits per heavy atom. The maximum atomic E-state index is 12.8. The van der Waals surface area contributed by atoms with E-state index in [1.54, 1.807) is 36.4 Å². The Morgan fingerprint density at radius 1 is 1.00 bits per heavy atom. The summed E-state index contributed by atoms with van der Waals surface area (Å²) in [4.78, 5) is 31.6. The molecule has 7 nitrogen and oxygen atoms in total. The summed E-state index contributed by atoms with van der Waals surface area (Å²) in [6.07, 6.45) is 3.92. The van der Waals surface area contributed by atoms with Gasteiger partial charge in [0.05, 0.1) is 5.69 Å². The van der Waals surface area contributed by atoms with E-state index < -0.39 is 0 Å². The van der Waals surface area contributed by atoms with Crippen molar-refractivity contribution in [1.82, 2.24) is 15.2 Å². The van der Waals surface area contributed by atoms with Crippen molar-refractivity contribution >= 4 is 17.5 Å². The summed E-state index contributed by atoms with van der Waals surface area (Å²) in [5.41, 5.74) is 4.54. The van der Waals surface area contributed by atoms with E-state index in [4.69, 9.17) is 4.74 Å². The summed E-state index contributed by atoms with van der Waals surface area (Å²) in [5, 5.41) is 5.88. The third-order valence-electron chi connectivity index (χ3n) is 5.55. The van der Waals surface area contributed by atoms with Gasteiger partial charge in [-0.2, -0.15) is 0 Å². The van der Waals surface area contributed by atoms with E-state index in [9.17, 15) is 9.59 Å². The first kappa shape index (κ1) is 23.4. The monoisotopic (exact) mass is 458 g/mol. The number of carbonyl (C=O) groups excluding carboxylic acids is 2. The van der Waals surface area contributed by atoms with Gasteiger partial charge in [-0.25, -0.2) is 0 Å². The molecule has 3 aromatic rings. The van der Waals surface area contributed by atoms with Gasteiger partial charge in [-0.1, -0.05) is 12.1 Å². The highest BCUT2D eigenvalue weighted by Crippen LogP contribution is 2.22. The number of benzene rings is 2. The average molecular weight is 459 g/mol. The van der Waals surface area contributed by atoms with Crippen LogP contribution in [0.25, 0.3) is 0 Å². The lowest BCUT2D eigenvalue weighted by Gasteiger charge is -2.12. The van der Waals surface area contributed by atoms with Crippen molar-refractivity contribution in [3.63, 3.8) is 0 Å². The van der Waals surface area contributed by atoms with Gasteiger partial charge >= 0.3 is 0 Å². The number of nitrogens with zero attached hydrogens (tertiary/aromatic N) is 2. The fourth-order valence-corrected chi connectivity index (χ4v) is 3.45. The van der Waals surface area contributed by atoms with Crippen LogP contribution in [0.4, 0.5) is 5.69 Å². The average Bonchev–Trinajstić information content (AvgIpc) is 3.64. The van der Waals surface area contributed by atoms with Crippen LogP contribution in [0.1, 0.15) is 50.4 Å². The summed E-state index contributed by atoms with van der Waals surface area (Å²) in [6.45, 7) is 3.09. The second-order valence-corrected chi connectivity index (χ2v) is 8.94. The van der Waals surface area contributed by atoms with Crippen LogP contribution >= 0.6 is 0 Å². The molecule has 0 saturated heterocycles. The van der Waals surface area contributed by atoms with E-state index in [1.807, 2.05) is 45.4 Å². The molecule has 2 amide bonds. The number of aromatic nitrogens is 1. The molecule has 34 heavy (non-hydrogen) atoms. The van der Waals surface area contributed by atoms with E-state index in [0.717, 1.165) is 36.2 Å². The summed E-state index contributed by atoms with van der Waals surface area (Å²) < 4.78 is 5.81. The lowest BCUT2D eigenvalue weighted by molar-refractivity contribution is 0.0949. The van der Waals surface area contributed by atoms with Crippen LogP contribution in [-0.2, 0) is 13.2 Å². The topological polar surface area (TPSA) is 83.6 Å². The zero-order valence-corrected chi connectivity index (χ0v) is 19.8. The standard InChI is InChI=1S/C27H30N4O3/c1-18-4-6-21(27(33)29-22-10-11-22)14-25(18)30-26(32)20-7-12-24(13-8-20)34-17-23-9-5-19(15-28-23)16-31(2)3/h4-9,12-15,22H,10-11,16-17H2,1-3H3,(H,29,33)(H,30,32). The highest BCUT2D eigenvalue weighted by molar-refractivity contribution is 6.05. The summed E-state index contributed by atoms with van der Waals surface area (Å²) in [5.74, 6) is 0.305. The van der Waals surface area contributed by atoms with Gasteiger partial charge in [0.1, 0.15) is 12.4 Å². The van der Waals surface area contributed by atoms with Crippen LogP contribution in [0.5, 0.6) is 5.75 Å². The van der Waals surface area contributed by atoms with Gasteiger partial charge < -0.3 is 20.3 Å². The first-order valence-electron chi connectivity index (χ1n) is 11.4. The van der Waals surface area contributed by atoms with Crippen molar-refractivity contribution in [1.29, 1.82) is 0 Å². The van der Waals surface area contributed by atoms with Gasteiger partial charge in [-0.3, -0.25) is 14.6 Å². The predicted molar refractivity (Wildman–Crippen MR) is 132 cm³/mol. The molecule has 0 unspecified atom stereocenters. The van der Waals surface area contributed by atoms with Crippen LogP contribution in [0.15, 0.2) is 60.8 Å². The molecule has 1 heterocycles. The lowest BCUT2D eigenvalue weighted by atomic mass is 10.1. The maximum absolute atomic E-state index is 12.8. The number of ether oxygens (including phenoxy) is 1. The van der Waals surface area contributed by atoms with Crippen molar-refractivity contribution in [2.24, 2.45) is 0 Å². The summed E-state index contributed by atoms with van der Waals surface area (Å²) in [6, 6.07) is 16.6. The number of amides is 2. The Labute approximate surface area is 200 Å². The third kappa shape index (κ3) is 6.42. The van der Waals surface area contributed by atoms with E-state index in [0.29, 0.717) is 29.2 Å². The number of nitrogens with one attached hydrogen (secondary N) is 2. The summed E-state index contributed by atoms with van der Waals surface area (Å²) in [7, 11) is 4.04. The van der Waals surface area contributed by atoms with Crippen LogP contribution in [-0.4, -0.2) is 41.8 Å². The maximum Gasteiger partial charge on any atom is 0.255 e. The van der Waals surface area contributed by atoms with Gasteiger partial charge in [0.15, 0.2) is 0 Å². The van der Waals surface area contributed by atoms with Crippen molar-refractivity contribution < 1.29 is 14.3 Å². The molecule has 0 atom stereocenters. The van der Waals surface area contributed by atoms with E-state index in [1.165, 1.54) is 0 Å². The smallest absolute Gasteiger partial charge is 0.255 e. The normalized spacial score (nSPS) is 12.9. The largest absolute Gasteiger partial charge is 0.487 e.